The van der Waals surface area contributed by atoms with Gasteiger partial charge in [-0.2, -0.15) is 0 Å². The van der Waals surface area contributed by atoms with Gasteiger partial charge in [-0.1, -0.05) is 6.07 Å². The van der Waals surface area contributed by atoms with E-state index in [0.29, 0.717) is 22.1 Å². The number of nitrogens with one attached hydrogen (secondary N) is 2. The van der Waals surface area contributed by atoms with Crippen molar-refractivity contribution in [2.24, 2.45) is 0 Å². The fourth-order valence-corrected chi connectivity index (χ4v) is 2.77. The van der Waals surface area contributed by atoms with E-state index in [2.05, 4.69) is 25.6 Å². The molecule has 2 heterocycles. The summed E-state index contributed by atoms with van der Waals surface area (Å²) in [5.41, 5.74) is 1.55. The zero-order chi connectivity index (χ0) is 18.5. The Morgan fingerprint density at radius 2 is 2.08 bits per heavy atom. The Kier molecular flexibility index (Phi) is 5.28. The summed E-state index contributed by atoms with van der Waals surface area (Å²) in [7, 11) is 0. The molecule has 0 radical (unpaired) electrons. The average molecular weight is 371 g/mol. The smallest absolute Gasteiger partial charge is 0.277 e. The number of thiazole rings is 1. The number of rotatable bonds is 5. The van der Waals surface area contributed by atoms with Crippen LogP contribution in [-0.2, 0) is 11.2 Å². The van der Waals surface area contributed by atoms with Crippen LogP contribution < -0.4 is 10.6 Å². The lowest BCUT2D eigenvalue weighted by molar-refractivity contribution is -0.115. The SMILES string of the molecule is Cc1ccc(NC(=O)Cc2csc(NC(=O)c3cnccn3)n2)cc1F. The molecule has 0 fully saturated rings. The van der Waals surface area contributed by atoms with Crippen LogP contribution in [0.4, 0.5) is 15.2 Å². The van der Waals surface area contributed by atoms with Gasteiger partial charge in [0, 0.05) is 23.5 Å². The van der Waals surface area contributed by atoms with Gasteiger partial charge in [-0.15, -0.1) is 11.3 Å². The number of aromatic nitrogens is 3. The molecule has 3 rings (SSSR count). The fraction of sp³-hybridized carbons (Fsp3) is 0.118. The molecule has 0 saturated heterocycles. The minimum atomic E-state index is -0.432. The van der Waals surface area contributed by atoms with Crippen LogP contribution in [0.1, 0.15) is 21.7 Å². The maximum atomic E-state index is 13.5. The maximum Gasteiger partial charge on any atom is 0.277 e. The van der Waals surface area contributed by atoms with Gasteiger partial charge in [0.1, 0.15) is 11.5 Å². The monoisotopic (exact) mass is 371 g/mol. The molecule has 7 nitrogen and oxygen atoms in total. The number of hydrogen-bond acceptors (Lipinski definition) is 6. The van der Waals surface area contributed by atoms with E-state index in [9.17, 15) is 14.0 Å². The summed E-state index contributed by atoms with van der Waals surface area (Å²) < 4.78 is 13.5. The Morgan fingerprint density at radius 3 is 2.81 bits per heavy atom. The van der Waals surface area contributed by atoms with Gasteiger partial charge in [-0.25, -0.2) is 14.4 Å². The van der Waals surface area contributed by atoms with Gasteiger partial charge in [0.2, 0.25) is 5.91 Å². The number of halogens is 1. The minimum Gasteiger partial charge on any atom is -0.326 e. The number of amides is 2. The minimum absolute atomic E-state index is 0.00695. The topological polar surface area (TPSA) is 96.9 Å². The largest absolute Gasteiger partial charge is 0.326 e. The van der Waals surface area contributed by atoms with Crippen LogP contribution in [0.15, 0.2) is 42.2 Å². The maximum absolute atomic E-state index is 13.5. The summed E-state index contributed by atoms with van der Waals surface area (Å²) in [6, 6.07) is 4.48. The molecule has 3 aromatic rings. The Balaban J connectivity index is 1.58. The molecule has 0 spiro atoms. The first-order valence-electron chi connectivity index (χ1n) is 7.59. The number of carbonyl (C=O) groups excluding carboxylic acids is 2. The molecule has 132 valence electrons. The molecule has 0 bridgehead atoms. The van der Waals surface area contributed by atoms with Crippen LogP contribution in [0.2, 0.25) is 0 Å². The van der Waals surface area contributed by atoms with Gasteiger partial charge < -0.3 is 5.32 Å². The van der Waals surface area contributed by atoms with Crippen LogP contribution in [0.5, 0.6) is 0 Å². The van der Waals surface area contributed by atoms with Gasteiger partial charge in [0.05, 0.1) is 18.3 Å². The standard InChI is InChI=1S/C17H14FN5O2S/c1-10-2-3-11(6-13(10)18)21-15(24)7-12-9-26-17(22-12)23-16(25)14-8-19-4-5-20-14/h2-6,8-9H,7H2,1H3,(H,21,24)(H,22,23,25). The molecule has 2 N–H and O–H groups in total. The van der Waals surface area contributed by atoms with Gasteiger partial charge in [-0.3, -0.25) is 19.9 Å². The van der Waals surface area contributed by atoms with Crippen molar-refractivity contribution in [3.05, 3.63) is 64.9 Å². The molecule has 2 aromatic heterocycles. The lowest BCUT2D eigenvalue weighted by atomic mass is 10.2. The van der Waals surface area contributed by atoms with Crippen molar-refractivity contribution >= 4 is 34.0 Å². The molecular formula is C17H14FN5O2S. The number of anilines is 2. The third-order valence-electron chi connectivity index (χ3n) is 3.37. The second kappa shape index (κ2) is 7.79. The number of benzene rings is 1. The van der Waals surface area contributed by atoms with E-state index in [1.807, 2.05) is 0 Å². The van der Waals surface area contributed by atoms with Crippen molar-refractivity contribution in [2.45, 2.75) is 13.3 Å². The fourth-order valence-electron chi connectivity index (χ4n) is 2.06. The first kappa shape index (κ1) is 17.6. The predicted octanol–water partition coefficient (Wildman–Crippen LogP) is 2.81. The molecule has 0 aliphatic carbocycles. The van der Waals surface area contributed by atoms with Crippen molar-refractivity contribution in [1.82, 2.24) is 15.0 Å². The van der Waals surface area contributed by atoms with E-state index in [0.717, 1.165) is 0 Å². The highest BCUT2D eigenvalue weighted by Gasteiger charge is 2.12. The van der Waals surface area contributed by atoms with Gasteiger partial charge in [0.25, 0.3) is 5.91 Å². The summed E-state index contributed by atoms with van der Waals surface area (Å²) in [5, 5.41) is 7.23. The Hall–Kier alpha value is -3.20. The summed E-state index contributed by atoms with van der Waals surface area (Å²) in [6.45, 7) is 1.65. The van der Waals surface area contributed by atoms with E-state index < -0.39 is 5.91 Å². The van der Waals surface area contributed by atoms with Gasteiger partial charge >= 0.3 is 0 Å². The van der Waals surface area contributed by atoms with E-state index in [-0.39, 0.29) is 23.8 Å². The number of aryl methyl sites for hydroxylation is 1. The summed E-state index contributed by atoms with van der Waals surface area (Å²) in [4.78, 5) is 36.0. The van der Waals surface area contributed by atoms with Crippen LogP contribution >= 0.6 is 11.3 Å². The van der Waals surface area contributed by atoms with Crippen LogP contribution in [0, 0.1) is 12.7 Å². The van der Waals surface area contributed by atoms with Crippen LogP contribution in [0.3, 0.4) is 0 Å². The summed E-state index contributed by atoms with van der Waals surface area (Å²) in [6.07, 6.45) is 4.24. The second-order valence-corrected chi connectivity index (χ2v) is 6.24. The van der Waals surface area contributed by atoms with Crippen LogP contribution in [0.25, 0.3) is 0 Å². The van der Waals surface area contributed by atoms with E-state index in [1.165, 1.54) is 36.0 Å². The normalized spacial score (nSPS) is 10.4. The highest BCUT2D eigenvalue weighted by atomic mass is 32.1. The molecule has 2 amide bonds. The number of carbonyl (C=O) groups is 2. The van der Waals surface area contributed by atoms with Crippen molar-refractivity contribution in [3.8, 4) is 0 Å². The average Bonchev–Trinajstić information content (AvgIpc) is 3.05. The van der Waals surface area contributed by atoms with Gasteiger partial charge in [-0.05, 0) is 24.6 Å². The predicted molar refractivity (Wildman–Crippen MR) is 95.6 cm³/mol. The van der Waals surface area contributed by atoms with Crippen LogP contribution in [-0.4, -0.2) is 26.8 Å². The molecule has 0 unspecified atom stereocenters. The molecule has 0 aliphatic heterocycles. The first-order valence-corrected chi connectivity index (χ1v) is 8.47. The third-order valence-corrected chi connectivity index (χ3v) is 4.17. The molecule has 0 aliphatic rings. The molecule has 0 saturated carbocycles. The molecular weight excluding hydrogens is 357 g/mol. The lowest BCUT2D eigenvalue weighted by Gasteiger charge is -2.05. The van der Waals surface area contributed by atoms with Gasteiger partial charge in [0.15, 0.2) is 5.13 Å². The van der Waals surface area contributed by atoms with Crippen molar-refractivity contribution in [1.29, 1.82) is 0 Å². The Labute approximate surface area is 152 Å². The van der Waals surface area contributed by atoms with Crippen molar-refractivity contribution in [2.75, 3.05) is 10.6 Å². The quantitative estimate of drug-likeness (QED) is 0.719. The highest BCUT2D eigenvalue weighted by Crippen LogP contribution is 2.18. The lowest BCUT2D eigenvalue weighted by Crippen LogP contribution is -2.15. The second-order valence-electron chi connectivity index (χ2n) is 5.38. The van der Waals surface area contributed by atoms with Crippen molar-refractivity contribution < 1.29 is 14.0 Å². The zero-order valence-corrected chi connectivity index (χ0v) is 14.5. The first-order chi connectivity index (χ1) is 12.5. The Bertz CT molecular complexity index is 945. The number of hydrogen-bond donors (Lipinski definition) is 2. The molecule has 0 atom stereocenters. The van der Waals surface area contributed by atoms with E-state index >= 15 is 0 Å². The summed E-state index contributed by atoms with van der Waals surface area (Å²) >= 11 is 1.19. The third kappa shape index (κ3) is 4.45. The molecule has 1 aromatic carbocycles. The molecule has 9 heteroatoms. The molecule has 26 heavy (non-hydrogen) atoms. The highest BCUT2D eigenvalue weighted by molar-refractivity contribution is 7.14. The number of nitrogens with zero attached hydrogens (tertiary/aromatic N) is 3. The van der Waals surface area contributed by atoms with E-state index in [4.69, 9.17) is 0 Å². The van der Waals surface area contributed by atoms with E-state index in [1.54, 1.807) is 24.4 Å². The summed E-state index contributed by atoms with van der Waals surface area (Å²) in [5.74, 6) is -1.14. The zero-order valence-electron chi connectivity index (χ0n) is 13.7. The van der Waals surface area contributed by atoms with Crippen molar-refractivity contribution in [3.63, 3.8) is 0 Å². The Morgan fingerprint density at radius 1 is 1.23 bits per heavy atom.